The van der Waals surface area contributed by atoms with Crippen molar-refractivity contribution in [3.8, 4) is 11.9 Å². The zero-order valence-corrected chi connectivity index (χ0v) is 15.4. The number of alkyl halides is 3. The molecule has 0 radical (unpaired) electrons. The van der Waals surface area contributed by atoms with Crippen LogP contribution in [0.5, 0.6) is 0 Å². The molecule has 1 fully saturated rings. The topological polar surface area (TPSA) is 89.4 Å². The Hall–Kier alpha value is -2.87. The number of hydrogen-bond donors (Lipinski definition) is 0. The Morgan fingerprint density at radius 3 is 2.68 bits per heavy atom. The van der Waals surface area contributed by atoms with E-state index in [1.54, 1.807) is 18.4 Å². The van der Waals surface area contributed by atoms with Crippen LogP contribution in [0.4, 0.5) is 13.2 Å². The Kier molecular flexibility index (Phi) is 4.19. The van der Waals surface area contributed by atoms with E-state index >= 15 is 0 Å². The third-order valence-corrected chi connectivity index (χ3v) is 5.13. The number of fused-ring (bicyclic) bond motifs is 1. The second-order valence-corrected chi connectivity index (χ2v) is 7.23. The van der Waals surface area contributed by atoms with Gasteiger partial charge in [-0.2, -0.15) is 18.4 Å². The third-order valence-electron chi connectivity index (χ3n) is 4.57. The first-order valence-corrected chi connectivity index (χ1v) is 9.49. The molecule has 0 bridgehead atoms. The van der Waals surface area contributed by atoms with Gasteiger partial charge in [-0.3, -0.25) is 4.79 Å². The lowest BCUT2D eigenvalue weighted by Gasteiger charge is -2.15. The fourth-order valence-electron chi connectivity index (χ4n) is 3.01. The second-order valence-electron chi connectivity index (χ2n) is 6.46. The summed E-state index contributed by atoms with van der Waals surface area (Å²) in [6.45, 7) is -1.49. The van der Waals surface area contributed by atoms with Crippen molar-refractivity contribution >= 4 is 22.8 Å². The van der Waals surface area contributed by atoms with E-state index < -0.39 is 23.7 Å². The summed E-state index contributed by atoms with van der Waals surface area (Å²) < 4.78 is 41.1. The molecule has 0 spiro atoms. The molecule has 144 valence electrons. The summed E-state index contributed by atoms with van der Waals surface area (Å²) in [5, 5.41) is 9.68. The number of hydrogen-bond acceptors (Lipinski definition) is 6. The molecular formula is C17H13F3N6OS. The van der Waals surface area contributed by atoms with Gasteiger partial charge in [0, 0.05) is 6.20 Å². The zero-order chi connectivity index (χ0) is 20.1. The van der Waals surface area contributed by atoms with E-state index in [-0.39, 0.29) is 16.9 Å². The fraction of sp³-hybridized carbons (Fsp3) is 0.353. The van der Waals surface area contributed by atoms with Crippen molar-refractivity contribution in [1.82, 2.24) is 24.3 Å². The first-order chi connectivity index (χ1) is 13.3. The van der Waals surface area contributed by atoms with E-state index in [9.17, 15) is 23.2 Å². The van der Waals surface area contributed by atoms with Crippen LogP contribution in [0.15, 0.2) is 34.3 Å². The standard InChI is InChI=1S/C17H13F3N6OS/c1-28-15-22-7-10-13(24-15)26(25(14(10)27)9-17(18,19)20)12-4-2-3-11(23-12)16(8-21)5-6-16/h2-4,7H,5-6,9H2,1H3. The van der Waals surface area contributed by atoms with Gasteiger partial charge < -0.3 is 0 Å². The van der Waals surface area contributed by atoms with Crippen LogP contribution < -0.4 is 5.56 Å². The van der Waals surface area contributed by atoms with Crippen molar-refractivity contribution in [2.24, 2.45) is 0 Å². The maximum atomic E-state index is 13.1. The van der Waals surface area contributed by atoms with Gasteiger partial charge in [-0.25, -0.2) is 24.3 Å². The predicted octanol–water partition coefficient (Wildman–Crippen LogP) is 2.82. The Morgan fingerprint density at radius 1 is 1.32 bits per heavy atom. The van der Waals surface area contributed by atoms with Crippen molar-refractivity contribution in [2.45, 2.75) is 36.1 Å². The summed E-state index contributed by atoms with van der Waals surface area (Å²) >= 11 is 1.20. The quantitative estimate of drug-likeness (QED) is 0.489. The number of halogens is 3. The smallest absolute Gasteiger partial charge is 0.267 e. The van der Waals surface area contributed by atoms with Gasteiger partial charge in [0.1, 0.15) is 11.9 Å². The van der Waals surface area contributed by atoms with Crippen LogP contribution in [0.2, 0.25) is 0 Å². The molecule has 3 heterocycles. The van der Waals surface area contributed by atoms with Crippen LogP contribution >= 0.6 is 11.8 Å². The molecular weight excluding hydrogens is 393 g/mol. The molecule has 4 rings (SSSR count). The monoisotopic (exact) mass is 406 g/mol. The van der Waals surface area contributed by atoms with Gasteiger partial charge in [0.2, 0.25) is 0 Å². The molecule has 1 aliphatic carbocycles. The Labute approximate surface area is 160 Å². The minimum Gasteiger partial charge on any atom is -0.267 e. The van der Waals surface area contributed by atoms with Crippen LogP contribution in [0.3, 0.4) is 0 Å². The fourth-order valence-corrected chi connectivity index (χ4v) is 3.35. The molecule has 0 N–H and O–H groups in total. The average Bonchev–Trinajstić information content (AvgIpc) is 3.43. The summed E-state index contributed by atoms with van der Waals surface area (Å²) in [6.07, 6.45) is -0.394. The van der Waals surface area contributed by atoms with Crippen molar-refractivity contribution in [3.05, 3.63) is 40.4 Å². The van der Waals surface area contributed by atoms with Gasteiger partial charge in [0.25, 0.3) is 5.56 Å². The summed E-state index contributed by atoms with van der Waals surface area (Å²) in [5.74, 6) is 0.0983. The van der Waals surface area contributed by atoms with Crippen LogP contribution in [-0.4, -0.2) is 36.7 Å². The molecule has 0 aromatic carbocycles. The molecule has 28 heavy (non-hydrogen) atoms. The van der Waals surface area contributed by atoms with Gasteiger partial charge in [0.05, 0.1) is 17.2 Å². The molecule has 0 unspecified atom stereocenters. The molecule has 1 saturated carbocycles. The van der Waals surface area contributed by atoms with E-state index in [1.807, 2.05) is 0 Å². The first-order valence-electron chi connectivity index (χ1n) is 8.26. The maximum absolute atomic E-state index is 13.1. The van der Waals surface area contributed by atoms with Gasteiger partial charge >= 0.3 is 6.18 Å². The first kappa shape index (κ1) is 18.5. The average molecular weight is 406 g/mol. The lowest BCUT2D eigenvalue weighted by Crippen LogP contribution is -2.30. The number of rotatable bonds is 4. The lowest BCUT2D eigenvalue weighted by molar-refractivity contribution is -0.144. The van der Waals surface area contributed by atoms with E-state index in [1.165, 1.54) is 24.0 Å². The minimum atomic E-state index is -4.62. The largest absolute Gasteiger partial charge is 0.408 e. The van der Waals surface area contributed by atoms with Crippen LogP contribution in [0.1, 0.15) is 18.5 Å². The van der Waals surface area contributed by atoms with Crippen molar-refractivity contribution in [2.75, 3.05) is 6.26 Å². The highest BCUT2D eigenvalue weighted by Crippen LogP contribution is 2.46. The van der Waals surface area contributed by atoms with Crippen molar-refractivity contribution < 1.29 is 13.2 Å². The summed E-state index contributed by atoms with van der Waals surface area (Å²) in [5.41, 5.74) is -1.05. The zero-order valence-electron chi connectivity index (χ0n) is 14.6. The molecule has 7 nitrogen and oxygen atoms in total. The molecule has 1 aliphatic rings. The number of nitrogens with zero attached hydrogens (tertiary/aromatic N) is 6. The number of nitriles is 1. The third kappa shape index (κ3) is 3.03. The second kappa shape index (κ2) is 6.34. The Morgan fingerprint density at radius 2 is 2.07 bits per heavy atom. The summed E-state index contributed by atoms with van der Waals surface area (Å²) in [4.78, 5) is 25.3. The van der Waals surface area contributed by atoms with Gasteiger partial charge in [0.15, 0.2) is 16.6 Å². The minimum absolute atomic E-state index is 0.0318. The van der Waals surface area contributed by atoms with Crippen LogP contribution in [0, 0.1) is 11.3 Å². The highest BCUT2D eigenvalue weighted by atomic mass is 32.2. The van der Waals surface area contributed by atoms with Crippen LogP contribution in [0.25, 0.3) is 16.9 Å². The molecule has 0 saturated heterocycles. The number of thioether (sulfide) groups is 1. The van der Waals surface area contributed by atoms with Crippen molar-refractivity contribution in [3.63, 3.8) is 0 Å². The Balaban J connectivity index is 1.99. The highest BCUT2D eigenvalue weighted by molar-refractivity contribution is 7.98. The van der Waals surface area contributed by atoms with Crippen LogP contribution in [-0.2, 0) is 12.0 Å². The summed E-state index contributed by atoms with van der Waals surface area (Å²) in [7, 11) is 0. The van der Waals surface area contributed by atoms with Gasteiger partial charge in [-0.15, -0.1) is 0 Å². The van der Waals surface area contributed by atoms with E-state index in [0.717, 1.165) is 4.68 Å². The number of aromatic nitrogens is 5. The van der Waals surface area contributed by atoms with Gasteiger partial charge in [-0.05, 0) is 31.2 Å². The normalized spacial score (nSPS) is 15.5. The predicted molar refractivity (Wildman–Crippen MR) is 95.3 cm³/mol. The van der Waals surface area contributed by atoms with Crippen molar-refractivity contribution in [1.29, 1.82) is 5.26 Å². The Bertz CT molecular complexity index is 1170. The lowest BCUT2D eigenvalue weighted by atomic mass is 10.0. The van der Waals surface area contributed by atoms with E-state index in [4.69, 9.17) is 0 Å². The van der Waals surface area contributed by atoms with E-state index in [2.05, 4.69) is 21.0 Å². The summed E-state index contributed by atoms with van der Waals surface area (Å²) in [6, 6.07) is 6.98. The van der Waals surface area contributed by atoms with Gasteiger partial charge in [-0.1, -0.05) is 17.8 Å². The molecule has 0 amide bonds. The number of pyridine rings is 1. The molecule has 11 heteroatoms. The maximum Gasteiger partial charge on any atom is 0.408 e. The molecule has 0 atom stereocenters. The molecule has 0 aliphatic heterocycles. The highest BCUT2D eigenvalue weighted by Gasteiger charge is 2.46. The molecule has 3 aromatic heterocycles. The molecule has 3 aromatic rings. The van der Waals surface area contributed by atoms with E-state index in [0.29, 0.717) is 28.4 Å². The SMILES string of the molecule is CSc1ncc2c(=O)n(CC(F)(F)F)n(-c3cccc(C4(C#N)CC4)n3)c2n1.